The summed E-state index contributed by atoms with van der Waals surface area (Å²) in [4.78, 5) is 0. The standard InChI is InChI=1S/C15H20BrN3O2/c1-15(2,3)17-8-7-13-18-19-14(21-13)10-5-6-12(20-4)11(16)9-10/h5-6,9,17H,7-8H2,1-4H3. The SMILES string of the molecule is COc1ccc(-c2nnc(CCNC(C)(C)C)o2)cc1Br. The van der Waals surface area contributed by atoms with Gasteiger partial charge in [0.05, 0.1) is 11.6 Å². The van der Waals surface area contributed by atoms with Crippen LogP contribution >= 0.6 is 15.9 Å². The topological polar surface area (TPSA) is 60.2 Å². The lowest BCUT2D eigenvalue weighted by molar-refractivity contribution is 0.411. The van der Waals surface area contributed by atoms with Gasteiger partial charge in [-0.15, -0.1) is 10.2 Å². The fourth-order valence-corrected chi connectivity index (χ4v) is 2.36. The van der Waals surface area contributed by atoms with Gasteiger partial charge in [0, 0.05) is 24.1 Å². The number of nitrogens with zero attached hydrogens (tertiary/aromatic N) is 2. The van der Waals surface area contributed by atoms with Crippen molar-refractivity contribution in [2.45, 2.75) is 32.7 Å². The number of methoxy groups -OCH3 is 1. The van der Waals surface area contributed by atoms with E-state index in [1.807, 2.05) is 18.2 Å². The van der Waals surface area contributed by atoms with Gasteiger partial charge in [-0.05, 0) is 54.9 Å². The summed E-state index contributed by atoms with van der Waals surface area (Å²) in [5.41, 5.74) is 0.953. The van der Waals surface area contributed by atoms with Crippen molar-refractivity contribution < 1.29 is 9.15 Å². The molecule has 0 unspecified atom stereocenters. The average Bonchev–Trinajstić information content (AvgIpc) is 2.86. The Morgan fingerprint density at radius 2 is 2.05 bits per heavy atom. The Bertz CT molecular complexity index is 605. The smallest absolute Gasteiger partial charge is 0.247 e. The highest BCUT2D eigenvalue weighted by Gasteiger charge is 2.12. The summed E-state index contributed by atoms with van der Waals surface area (Å²) in [6, 6.07) is 5.67. The molecule has 0 atom stereocenters. The predicted octanol–water partition coefficient (Wildman–Crippen LogP) is 3.44. The Kier molecular flexibility index (Phi) is 5.00. The van der Waals surface area contributed by atoms with Crippen LogP contribution in [-0.2, 0) is 6.42 Å². The molecular formula is C15H20BrN3O2. The quantitative estimate of drug-likeness (QED) is 0.891. The Hall–Kier alpha value is -1.40. The Morgan fingerprint density at radius 1 is 1.29 bits per heavy atom. The molecule has 2 aromatic rings. The van der Waals surface area contributed by atoms with Gasteiger partial charge in [-0.1, -0.05) is 0 Å². The van der Waals surface area contributed by atoms with E-state index in [1.54, 1.807) is 7.11 Å². The van der Waals surface area contributed by atoms with Gasteiger partial charge in [0.25, 0.3) is 0 Å². The number of rotatable bonds is 5. The first-order valence-electron chi connectivity index (χ1n) is 6.80. The molecule has 0 spiro atoms. The number of hydrogen-bond donors (Lipinski definition) is 1. The summed E-state index contributed by atoms with van der Waals surface area (Å²) in [6.45, 7) is 7.18. The monoisotopic (exact) mass is 353 g/mol. The van der Waals surface area contributed by atoms with Gasteiger partial charge in [0.15, 0.2) is 0 Å². The molecule has 0 saturated carbocycles. The average molecular weight is 354 g/mol. The molecular weight excluding hydrogens is 334 g/mol. The largest absolute Gasteiger partial charge is 0.496 e. The summed E-state index contributed by atoms with van der Waals surface area (Å²) in [6.07, 6.45) is 0.710. The van der Waals surface area contributed by atoms with Crippen molar-refractivity contribution in [2.75, 3.05) is 13.7 Å². The van der Waals surface area contributed by atoms with Gasteiger partial charge in [0.1, 0.15) is 5.75 Å². The van der Waals surface area contributed by atoms with E-state index in [0.717, 1.165) is 22.3 Å². The summed E-state index contributed by atoms with van der Waals surface area (Å²) in [5, 5.41) is 11.6. The van der Waals surface area contributed by atoms with Crippen molar-refractivity contribution in [3.8, 4) is 17.2 Å². The first-order chi connectivity index (χ1) is 9.89. The third-order valence-corrected chi connectivity index (χ3v) is 3.48. The van der Waals surface area contributed by atoms with Crippen LogP contribution in [0.3, 0.4) is 0 Å². The Labute approximate surface area is 133 Å². The lowest BCUT2D eigenvalue weighted by atomic mass is 10.1. The van der Waals surface area contributed by atoms with Gasteiger partial charge < -0.3 is 14.5 Å². The number of ether oxygens (including phenoxy) is 1. The Morgan fingerprint density at radius 3 is 2.67 bits per heavy atom. The molecule has 21 heavy (non-hydrogen) atoms. The third-order valence-electron chi connectivity index (χ3n) is 2.86. The van der Waals surface area contributed by atoms with Crippen LogP contribution in [-0.4, -0.2) is 29.4 Å². The summed E-state index contributed by atoms with van der Waals surface area (Å²) in [5.74, 6) is 1.92. The summed E-state index contributed by atoms with van der Waals surface area (Å²) >= 11 is 3.45. The molecule has 0 radical (unpaired) electrons. The molecule has 1 heterocycles. The fourth-order valence-electron chi connectivity index (χ4n) is 1.82. The molecule has 0 aliphatic heterocycles. The number of halogens is 1. The van der Waals surface area contributed by atoms with Crippen molar-refractivity contribution in [1.82, 2.24) is 15.5 Å². The zero-order chi connectivity index (χ0) is 15.5. The molecule has 1 aromatic carbocycles. The van der Waals surface area contributed by atoms with E-state index in [1.165, 1.54) is 0 Å². The van der Waals surface area contributed by atoms with E-state index >= 15 is 0 Å². The summed E-state index contributed by atoms with van der Waals surface area (Å²) < 4.78 is 11.8. The van der Waals surface area contributed by atoms with Crippen LogP contribution in [0.2, 0.25) is 0 Å². The molecule has 1 N–H and O–H groups in total. The van der Waals surface area contributed by atoms with Crippen LogP contribution in [0.4, 0.5) is 0 Å². The first kappa shape index (κ1) is 16.0. The second kappa shape index (κ2) is 6.58. The first-order valence-corrected chi connectivity index (χ1v) is 7.59. The molecule has 0 saturated heterocycles. The zero-order valence-electron chi connectivity index (χ0n) is 12.7. The molecule has 0 amide bonds. The maximum Gasteiger partial charge on any atom is 0.247 e. The van der Waals surface area contributed by atoms with E-state index in [4.69, 9.17) is 9.15 Å². The number of hydrogen-bond acceptors (Lipinski definition) is 5. The fraction of sp³-hybridized carbons (Fsp3) is 0.467. The van der Waals surface area contributed by atoms with Crippen molar-refractivity contribution in [3.05, 3.63) is 28.6 Å². The van der Waals surface area contributed by atoms with Gasteiger partial charge in [-0.25, -0.2) is 0 Å². The lowest BCUT2D eigenvalue weighted by Gasteiger charge is -2.19. The molecule has 2 rings (SSSR count). The molecule has 114 valence electrons. The van der Waals surface area contributed by atoms with Crippen molar-refractivity contribution in [1.29, 1.82) is 0 Å². The van der Waals surface area contributed by atoms with E-state index in [9.17, 15) is 0 Å². The van der Waals surface area contributed by atoms with Gasteiger partial charge >= 0.3 is 0 Å². The van der Waals surface area contributed by atoms with E-state index in [-0.39, 0.29) is 5.54 Å². The second-order valence-electron chi connectivity index (χ2n) is 5.78. The van der Waals surface area contributed by atoms with Crippen LogP contribution in [0.5, 0.6) is 5.75 Å². The normalized spacial score (nSPS) is 11.7. The lowest BCUT2D eigenvalue weighted by Crippen LogP contribution is -2.37. The highest BCUT2D eigenvalue weighted by Crippen LogP contribution is 2.29. The second-order valence-corrected chi connectivity index (χ2v) is 6.63. The minimum Gasteiger partial charge on any atom is -0.496 e. The predicted molar refractivity (Wildman–Crippen MR) is 85.4 cm³/mol. The van der Waals surface area contributed by atoms with E-state index in [2.05, 4.69) is 52.2 Å². The van der Waals surface area contributed by atoms with Gasteiger partial charge in [-0.2, -0.15) is 0 Å². The van der Waals surface area contributed by atoms with Gasteiger partial charge in [0.2, 0.25) is 11.8 Å². The minimum atomic E-state index is 0.0870. The van der Waals surface area contributed by atoms with Crippen LogP contribution in [0.15, 0.2) is 27.1 Å². The number of benzene rings is 1. The van der Waals surface area contributed by atoms with Crippen LogP contribution in [0, 0.1) is 0 Å². The zero-order valence-corrected chi connectivity index (χ0v) is 14.3. The van der Waals surface area contributed by atoms with E-state index in [0.29, 0.717) is 18.2 Å². The van der Waals surface area contributed by atoms with Crippen molar-refractivity contribution >= 4 is 15.9 Å². The summed E-state index contributed by atoms with van der Waals surface area (Å²) in [7, 11) is 1.63. The van der Waals surface area contributed by atoms with Crippen molar-refractivity contribution in [3.63, 3.8) is 0 Å². The highest BCUT2D eigenvalue weighted by molar-refractivity contribution is 9.10. The molecule has 5 nitrogen and oxygen atoms in total. The minimum absolute atomic E-state index is 0.0870. The maximum absolute atomic E-state index is 5.69. The third kappa shape index (κ3) is 4.54. The van der Waals surface area contributed by atoms with Gasteiger partial charge in [-0.3, -0.25) is 0 Å². The molecule has 0 aliphatic carbocycles. The maximum atomic E-state index is 5.69. The van der Waals surface area contributed by atoms with Crippen LogP contribution in [0.25, 0.3) is 11.5 Å². The highest BCUT2D eigenvalue weighted by atomic mass is 79.9. The van der Waals surface area contributed by atoms with Crippen LogP contribution < -0.4 is 10.1 Å². The van der Waals surface area contributed by atoms with Crippen molar-refractivity contribution in [2.24, 2.45) is 0 Å². The molecule has 1 aromatic heterocycles. The molecule has 0 bridgehead atoms. The molecule has 0 aliphatic rings. The van der Waals surface area contributed by atoms with Crippen LogP contribution in [0.1, 0.15) is 26.7 Å². The number of aromatic nitrogens is 2. The van der Waals surface area contributed by atoms with E-state index < -0.39 is 0 Å². The Balaban J connectivity index is 2.04. The molecule has 0 fully saturated rings. The molecule has 6 heteroatoms. The number of nitrogens with one attached hydrogen (secondary N) is 1.